The number of nitrogens with one attached hydrogen (secondary N) is 2. The summed E-state index contributed by atoms with van der Waals surface area (Å²) >= 11 is 4.79. The fourth-order valence-electron chi connectivity index (χ4n) is 3.25. The van der Waals surface area contributed by atoms with E-state index >= 15 is 0 Å². The third-order valence-electron chi connectivity index (χ3n) is 4.58. The normalized spacial score (nSPS) is 18.0. The van der Waals surface area contributed by atoms with Crippen LogP contribution in [0.3, 0.4) is 0 Å². The maximum Gasteiger partial charge on any atom is 0.259 e. The number of H-pyrrole nitrogens is 1. The van der Waals surface area contributed by atoms with E-state index in [0.29, 0.717) is 11.7 Å². The first-order valence-electron chi connectivity index (χ1n) is 8.83. The first-order chi connectivity index (χ1) is 12.5. The molecule has 2 N–H and O–H groups in total. The van der Waals surface area contributed by atoms with Crippen LogP contribution in [0.4, 0.5) is 5.13 Å². The highest BCUT2D eigenvalue weighted by atomic mass is 32.2. The Morgan fingerprint density at radius 3 is 3.04 bits per heavy atom. The molecular weight excluding hydrogens is 386 g/mol. The second-order valence-electron chi connectivity index (χ2n) is 6.65. The van der Waals surface area contributed by atoms with Gasteiger partial charge in [-0.2, -0.15) is 0 Å². The van der Waals surface area contributed by atoms with Gasteiger partial charge in [-0.1, -0.05) is 30.0 Å². The summed E-state index contributed by atoms with van der Waals surface area (Å²) in [5.74, 6) is 1.39. The van der Waals surface area contributed by atoms with Gasteiger partial charge in [-0.15, -0.1) is 21.5 Å². The van der Waals surface area contributed by atoms with Gasteiger partial charge in [0.15, 0.2) is 4.34 Å². The van der Waals surface area contributed by atoms with Crippen molar-refractivity contribution >= 4 is 49.8 Å². The van der Waals surface area contributed by atoms with Crippen LogP contribution in [-0.4, -0.2) is 26.7 Å². The van der Waals surface area contributed by atoms with Gasteiger partial charge >= 0.3 is 0 Å². The molecule has 2 atom stereocenters. The van der Waals surface area contributed by atoms with Crippen molar-refractivity contribution in [2.24, 2.45) is 5.92 Å². The smallest absolute Gasteiger partial charge is 0.259 e. The molecule has 3 aromatic heterocycles. The number of nitrogens with zero attached hydrogens (tertiary/aromatic N) is 3. The topological polar surface area (TPSA) is 83.6 Å². The number of aryl methyl sites for hydroxylation is 1. The number of thioether (sulfide) groups is 1. The highest BCUT2D eigenvalue weighted by Crippen LogP contribution is 2.38. The Labute approximate surface area is 163 Å². The fraction of sp³-hybridized carbons (Fsp3) is 0.529. The van der Waals surface area contributed by atoms with Crippen molar-refractivity contribution in [2.75, 3.05) is 11.9 Å². The lowest BCUT2D eigenvalue weighted by Gasteiger charge is -2.17. The van der Waals surface area contributed by atoms with Crippen molar-refractivity contribution < 1.29 is 0 Å². The molecular formula is C17H21N5OS3. The van der Waals surface area contributed by atoms with E-state index in [1.165, 1.54) is 21.8 Å². The third kappa shape index (κ3) is 3.39. The van der Waals surface area contributed by atoms with Crippen molar-refractivity contribution in [3.8, 4) is 0 Å². The molecule has 0 aromatic carbocycles. The molecule has 0 radical (unpaired) electrons. The molecule has 0 spiro atoms. The minimum absolute atomic E-state index is 0.00453. The fourth-order valence-corrected chi connectivity index (χ4v) is 6.66. The van der Waals surface area contributed by atoms with Crippen LogP contribution in [0.2, 0.25) is 0 Å². The molecule has 4 rings (SSSR count). The summed E-state index contributed by atoms with van der Waals surface area (Å²) in [7, 11) is 0. The second kappa shape index (κ2) is 7.28. The Balaban J connectivity index is 1.63. The second-order valence-corrected chi connectivity index (χ2v) is 10.3. The van der Waals surface area contributed by atoms with E-state index in [1.807, 2.05) is 13.8 Å². The molecule has 1 aliphatic carbocycles. The van der Waals surface area contributed by atoms with E-state index in [0.717, 1.165) is 45.5 Å². The molecule has 0 bridgehead atoms. The number of fused-ring (bicyclic) bond motifs is 3. The molecule has 6 nitrogen and oxygen atoms in total. The molecule has 3 aromatic rings. The van der Waals surface area contributed by atoms with Crippen molar-refractivity contribution in [2.45, 2.75) is 49.6 Å². The van der Waals surface area contributed by atoms with Crippen molar-refractivity contribution in [3.05, 3.63) is 26.6 Å². The van der Waals surface area contributed by atoms with Gasteiger partial charge in [0.1, 0.15) is 10.7 Å². The van der Waals surface area contributed by atoms with Crippen molar-refractivity contribution in [1.82, 2.24) is 20.2 Å². The van der Waals surface area contributed by atoms with Crippen molar-refractivity contribution in [3.63, 3.8) is 0 Å². The lowest BCUT2D eigenvalue weighted by Crippen LogP contribution is -2.15. The summed E-state index contributed by atoms with van der Waals surface area (Å²) < 4.78 is 0.871. The van der Waals surface area contributed by atoms with Crippen LogP contribution in [0.25, 0.3) is 10.2 Å². The molecule has 0 aliphatic heterocycles. The molecule has 1 aliphatic rings. The van der Waals surface area contributed by atoms with Crippen LogP contribution in [0.5, 0.6) is 0 Å². The number of thiophene rings is 1. The lowest BCUT2D eigenvalue weighted by atomic mass is 9.89. The molecule has 0 unspecified atom stereocenters. The summed E-state index contributed by atoms with van der Waals surface area (Å²) in [6, 6.07) is 0. The van der Waals surface area contributed by atoms with E-state index < -0.39 is 0 Å². The zero-order valence-electron chi connectivity index (χ0n) is 15.0. The molecule has 138 valence electrons. The highest BCUT2D eigenvalue weighted by molar-refractivity contribution is 8.01. The third-order valence-corrected chi connectivity index (χ3v) is 7.80. The summed E-state index contributed by atoms with van der Waals surface area (Å²) in [6.45, 7) is 7.17. The maximum absolute atomic E-state index is 12.7. The van der Waals surface area contributed by atoms with Crippen LogP contribution >= 0.6 is 34.4 Å². The van der Waals surface area contributed by atoms with Crippen LogP contribution in [0, 0.1) is 5.92 Å². The largest absolute Gasteiger partial charge is 0.360 e. The molecule has 0 fully saturated rings. The van der Waals surface area contributed by atoms with Crippen LogP contribution in [0.15, 0.2) is 9.13 Å². The van der Waals surface area contributed by atoms with E-state index in [-0.39, 0.29) is 10.8 Å². The Hall–Kier alpha value is -1.45. The Kier molecular flexibility index (Phi) is 5.02. The summed E-state index contributed by atoms with van der Waals surface area (Å²) in [4.78, 5) is 22.7. The monoisotopic (exact) mass is 407 g/mol. The van der Waals surface area contributed by atoms with Gasteiger partial charge in [0, 0.05) is 11.4 Å². The standard InChI is InChI=1S/C17H21N5OS3/c1-4-18-16-21-22-17(26-16)24-9(3)13-19-14(23)12-10-6-5-8(2)7-11(10)25-15(12)20-13/h8-9H,4-7H2,1-3H3,(H,18,21)(H,19,20,23)/t8-,9-/m1/s1. The average Bonchev–Trinajstić information content (AvgIpc) is 3.18. The van der Waals surface area contributed by atoms with E-state index in [4.69, 9.17) is 4.98 Å². The molecule has 9 heteroatoms. The number of hydrogen-bond donors (Lipinski definition) is 2. The van der Waals surface area contributed by atoms with Gasteiger partial charge < -0.3 is 10.3 Å². The number of anilines is 1. The molecule has 0 saturated heterocycles. The predicted octanol–water partition coefficient (Wildman–Crippen LogP) is 4.25. The van der Waals surface area contributed by atoms with E-state index in [9.17, 15) is 4.79 Å². The quantitative estimate of drug-likeness (QED) is 0.615. The summed E-state index contributed by atoms with van der Waals surface area (Å²) in [5, 5.41) is 13.1. The molecule has 26 heavy (non-hydrogen) atoms. The van der Waals surface area contributed by atoms with Gasteiger partial charge in [0.2, 0.25) is 5.13 Å². The minimum atomic E-state index is -0.00453. The number of rotatable bonds is 5. The first-order valence-corrected chi connectivity index (χ1v) is 11.3. The molecule has 0 saturated carbocycles. The SMILES string of the molecule is CCNc1nnc(S[C@H](C)c2nc3sc4c(c3c(=O)[nH]2)CC[C@@H](C)C4)s1. The Morgan fingerprint density at radius 2 is 2.23 bits per heavy atom. The first kappa shape index (κ1) is 17.9. The van der Waals surface area contributed by atoms with Crippen LogP contribution < -0.4 is 10.9 Å². The molecule has 3 heterocycles. The minimum Gasteiger partial charge on any atom is -0.360 e. The Bertz CT molecular complexity index is 992. The number of aromatic nitrogens is 4. The maximum atomic E-state index is 12.7. The Morgan fingerprint density at radius 1 is 1.38 bits per heavy atom. The van der Waals surface area contributed by atoms with E-state index in [1.54, 1.807) is 23.1 Å². The lowest BCUT2D eigenvalue weighted by molar-refractivity contribution is 0.509. The highest BCUT2D eigenvalue weighted by Gasteiger charge is 2.24. The predicted molar refractivity (Wildman–Crippen MR) is 110 cm³/mol. The number of aromatic amines is 1. The average molecular weight is 408 g/mol. The zero-order chi connectivity index (χ0) is 18.3. The van der Waals surface area contributed by atoms with Gasteiger partial charge in [-0.05, 0) is 44.6 Å². The summed E-state index contributed by atoms with van der Waals surface area (Å²) in [6.07, 6.45) is 3.20. The van der Waals surface area contributed by atoms with Gasteiger partial charge in [0.25, 0.3) is 5.56 Å². The van der Waals surface area contributed by atoms with E-state index in [2.05, 4.69) is 27.4 Å². The van der Waals surface area contributed by atoms with Crippen LogP contribution in [0.1, 0.15) is 48.7 Å². The van der Waals surface area contributed by atoms with Gasteiger partial charge in [-0.25, -0.2) is 4.98 Å². The number of hydrogen-bond acceptors (Lipinski definition) is 8. The van der Waals surface area contributed by atoms with Gasteiger partial charge in [-0.3, -0.25) is 4.79 Å². The summed E-state index contributed by atoms with van der Waals surface area (Å²) in [5.41, 5.74) is 1.22. The van der Waals surface area contributed by atoms with Crippen LogP contribution in [-0.2, 0) is 12.8 Å². The van der Waals surface area contributed by atoms with Gasteiger partial charge in [0.05, 0.1) is 10.6 Å². The van der Waals surface area contributed by atoms with Crippen molar-refractivity contribution in [1.29, 1.82) is 0 Å². The zero-order valence-corrected chi connectivity index (χ0v) is 17.4. The molecule has 0 amide bonds.